The zero-order chi connectivity index (χ0) is 8.97. The van der Waals surface area contributed by atoms with Crippen LogP contribution in [0.2, 0.25) is 0 Å². The van der Waals surface area contributed by atoms with Crippen molar-refractivity contribution in [3.63, 3.8) is 0 Å². The minimum atomic E-state index is 0.427. The Morgan fingerprint density at radius 1 is 1.33 bits per heavy atom. The molecule has 0 saturated heterocycles. The molecular weight excluding hydrogens is 168 g/mol. The van der Waals surface area contributed by atoms with Gasteiger partial charge in [-0.05, 0) is 24.3 Å². The normalized spacial score (nSPS) is 10.2. The van der Waals surface area contributed by atoms with Crippen molar-refractivity contribution in [2.45, 2.75) is 25.2 Å². The molecule has 1 N–H and O–H groups in total. The van der Waals surface area contributed by atoms with Crippen molar-refractivity contribution >= 4 is 11.8 Å². The predicted molar refractivity (Wildman–Crippen MR) is 53.9 cm³/mol. The van der Waals surface area contributed by atoms with E-state index in [9.17, 15) is 5.11 Å². The number of phenolic OH excluding ortho intramolecular Hbond substituents is 1. The summed E-state index contributed by atoms with van der Waals surface area (Å²) in [6.45, 7) is 4.18. The molecule has 66 valence electrons. The molecule has 12 heavy (non-hydrogen) atoms. The second-order valence-corrected chi connectivity index (χ2v) is 3.85. The van der Waals surface area contributed by atoms with Crippen molar-refractivity contribution < 1.29 is 5.11 Å². The average molecular weight is 182 g/mol. The van der Waals surface area contributed by atoms with Crippen molar-refractivity contribution in [3.05, 3.63) is 23.8 Å². The van der Waals surface area contributed by atoms with Crippen molar-refractivity contribution in [3.8, 4) is 5.75 Å². The van der Waals surface area contributed by atoms with Gasteiger partial charge in [-0.25, -0.2) is 0 Å². The van der Waals surface area contributed by atoms with E-state index in [2.05, 4.69) is 19.9 Å². The lowest BCUT2D eigenvalue weighted by atomic mass is 10.1. The van der Waals surface area contributed by atoms with E-state index in [1.165, 1.54) is 4.90 Å². The fourth-order valence-corrected chi connectivity index (χ4v) is 2.11. The van der Waals surface area contributed by atoms with Gasteiger partial charge in [-0.3, -0.25) is 0 Å². The number of aromatic hydroxyl groups is 1. The van der Waals surface area contributed by atoms with E-state index in [-0.39, 0.29) is 0 Å². The van der Waals surface area contributed by atoms with Gasteiger partial charge >= 0.3 is 0 Å². The molecule has 0 atom stereocenters. The number of benzene rings is 1. The Bertz CT molecular complexity index is 258. The number of hydrogen-bond donors (Lipinski definition) is 1. The molecule has 0 fully saturated rings. The van der Waals surface area contributed by atoms with Crippen LogP contribution in [0.4, 0.5) is 0 Å². The van der Waals surface area contributed by atoms with E-state index in [0.717, 1.165) is 17.7 Å². The quantitative estimate of drug-likeness (QED) is 0.725. The van der Waals surface area contributed by atoms with Gasteiger partial charge < -0.3 is 5.11 Å². The number of phenols is 1. The van der Waals surface area contributed by atoms with Gasteiger partial charge in [0, 0.05) is 10.5 Å². The van der Waals surface area contributed by atoms with Crippen LogP contribution >= 0.6 is 11.8 Å². The first kappa shape index (κ1) is 9.46. The highest BCUT2D eigenvalue weighted by molar-refractivity contribution is 7.99. The van der Waals surface area contributed by atoms with Crippen molar-refractivity contribution in [2.24, 2.45) is 0 Å². The number of thioether (sulfide) groups is 1. The van der Waals surface area contributed by atoms with E-state index >= 15 is 0 Å². The maximum absolute atomic E-state index is 9.50. The lowest BCUT2D eigenvalue weighted by Gasteiger charge is -2.07. The fourth-order valence-electron chi connectivity index (χ4n) is 1.20. The third-order valence-electron chi connectivity index (χ3n) is 1.76. The number of hydrogen-bond acceptors (Lipinski definition) is 2. The Morgan fingerprint density at radius 3 is 2.67 bits per heavy atom. The van der Waals surface area contributed by atoms with Crippen LogP contribution < -0.4 is 0 Å². The highest BCUT2D eigenvalue weighted by Gasteiger charge is 2.04. The van der Waals surface area contributed by atoms with Crippen LogP contribution in [-0.4, -0.2) is 10.9 Å². The highest BCUT2D eigenvalue weighted by atomic mass is 32.2. The molecule has 0 aromatic heterocycles. The molecular formula is C10H14OS. The minimum Gasteiger partial charge on any atom is -0.508 e. The molecule has 2 heteroatoms. The molecule has 1 rings (SSSR count). The van der Waals surface area contributed by atoms with Gasteiger partial charge in [-0.15, -0.1) is 11.8 Å². The Kier molecular flexibility index (Phi) is 3.48. The molecule has 0 amide bonds. The largest absolute Gasteiger partial charge is 0.508 e. The molecule has 0 radical (unpaired) electrons. The van der Waals surface area contributed by atoms with E-state index in [4.69, 9.17) is 0 Å². The van der Waals surface area contributed by atoms with Crippen LogP contribution in [0.3, 0.4) is 0 Å². The summed E-state index contributed by atoms with van der Waals surface area (Å²) in [6.07, 6.45) is 0.898. The first-order valence-electron chi connectivity index (χ1n) is 4.23. The van der Waals surface area contributed by atoms with Crippen LogP contribution in [0.25, 0.3) is 0 Å². The monoisotopic (exact) mass is 182 g/mol. The lowest BCUT2D eigenvalue weighted by molar-refractivity contribution is 0.466. The predicted octanol–water partition coefficient (Wildman–Crippen LogP) is 3.07. The zero-order valence-corrected chi connectivity index (χ0v) is 8.32. The fraction of sp³-hybridized carbons (Fsp3) is 0.400. The molecule has 0 aliphatic carbocycles. The second-order valence-electron chi connectivity index (χ2n) is 2.54. The van der Waals surface area contributed by atoms with Crippen molar-refractivity contribution in [1.29, 1.82) is 0 Å². The Hall–Kier alpha value is -0.630. The third-order valence-corrected chi connectivity index (χ3v) is 2.74. The Morgan fingerprint density at radius 2 is 2.08 bits per heavy atom. The van der Waals surface area contributed by atoms with Crippen LogP contribution in [-0.2, 0) is 6.42 Å². The van der Waals surface area contributed by atoms with Gasteiger partial charge in [0.05, 0.1) is 0 Å². The molecule has 1 aromatic carbocycles. The van der Waals surface area contributed by atoms with Crippen molar-refractivity contribution in [2.75, 3.05) is 5.75 Å². The molecule has 1 aromatic rings. The van der Waals surface area contributed by atoms with Crippen LogP contribution in [0.1, 0.15) is 19.4 Å². The molecule has 0 aliphatic rings. The summed E-state index contributed by atoms with van der Waals surface area (Å²) >= 11 is 1.78. The molecule has 1 nitrogen and oxygen atoms in total. The lowest BCUT2D eigenvalue weighted by Crippen LogP contribution is -1.86. The van der Waals surface area contributed by atoms with E-state index in [1.54, 1.807) is 17.8 Å². The first-order valence-corrected chi connectivity index (χ1v) is 5.21. The van der Waals surface area contributed by atoms with Crippen LogP contribution in [0, 0.1) is 0 Å². The van der Waals surface area contributed by atoms with Gasteiger partial charge in [0.25, 0.3) is 0 Å². The molecule has 0 spiro atoms. The maximum atomic E-state index is 9.50. The maximum Gasteiger partial charge on any atom is 0.119 e. The van der Waals surface area contributed by atoms with Gasteiger partial charge in [-0.2, -0.15) is 0 Å². The average Bonchev–Trinajstić information content (AvgIpc) is 2.05. The summed E-state index contributed by atoms with van der Waals surface area (Å²) in [6, 6.07) is 5.71. The summed E-state index contributed by atoms with van der Waals surface area (Å²) in [5, 5.41) is 9.50. The molecule has 0 bridgehead atoms. The molecule has 0 heterocycles. The summed E-state index contributed by atoms with van der Waals surface area (Å²) in [5.41, 5.74) is 1.07. The van der Waals surface area contributed by atoms with Gasteiger partial charge in [0.2, 0.25) is 0 Å². The Labute approximate surface area is 77.8 Å². The van der Waals surface area contributed by atoms with Crippen LogP contribution in [0.15, 0.2) is 23.1 Å². The van der Waals surface area contributed by atoms with E-state index in [1.807, 2.05) is 6.07 Å². The topological polar surface area (TPSA) is 20.2 Å². The summed E-state index contributed by atoms with van der Waals surface area (Å²) in [4.78, 5) is 1.21. The standard InChI is InChI=1S/C10H14OS/c1-3-8-9(11)6-5-7-10(8)12-4-2/h5-7,11H,3-4H2,1-2H3. The third kappa shape index (κ3) is 1.95. The highest BCUT2D eigenvalue weighted by Crippen LogP contribution is 2.29. The van der Waals surface area contributed by atoms with Crippen LogP contribution in [0.5, 0.6) is 5.75 Å². The smallest absolute Gasteiger partial charge is 0.119 e. The zero-order valence-electron chi connectivity index (χ0n) is 7.50. The van der Waals surface area contributed by atoms with E-state index < -0.39 is 0 Å². The first-order chi connectivity index (χ1) is 5.79. The number of rotatable bonds is 3. The molecule has 0 saturated carbocycles. The molecule has 0 unspecified atom stereocenters. The second kappa shape index (κ2) is 4.41. The summed E-state index contributed by atoms with van der Waals surface area (Å²) in [7, 11) is 0. The van der Waals surface area contributed by atoms with Crippen molar-refractivity contribution in [1.82, 2.24) is 0 Å². The van der Waals surface area contributed by atoms with Gasteiger partial charge in [-0.1, -0.05) is 19.9 Å². The Balaban J connectivity index is 3.00. The summed E-state index contributed by atoms with van der Waals surface area (Å²) < 4.78 is 0. The van der Waals surface area contributed by atoms with Gasteiger partial charge in [0.15, 0.2) is 0 Å². The van der Waals surface area contributed by atoms with Gasteiger partial charge in [0.1, 0.15) is 5.75 Å². The SMILES string of the molecule is CCSc1cccc(O)c1CC. The summed E-state index contributed by atoms with van der Waals surface area (Å²) in [5.74, 6) is 1.48. The minimum absolute atomic E-state index is 0.427. The molecule has 0 aliphatic heterocycles. The van der Waals surface area contributed by atoms with E-state index in [0.29, 0.717) is 5.75 Å².